The van der Waals surface area contributed by atoms with Crippen molar-refractivity contribution < 1.29 is 19.8 Å². The highest BCUT2D eigenvalue weighted by Crippen LogP contribution is 2.10. The molecule has 1 aromatic carbocycles. The first-order valence-corrected chi connectivity index (χ1v) is 5.58. The van der Waals surface area contributed by atoms with Crippen LogP contribution in [0.5, 0.6) is 0 Å². The quantitative estimate of drug-likeness (QED) is 0.735. The van der Waals surface area contributed by atoms with Gasteiger partial charge in [0.05, 0.1) is 12.2 Å². The molecule has 98 valence electrons. The van der Waals surface area contributed by atoms with Gasteiger partial charge in [0, 0.05) is 18.8 Å². The first-order chi connectivity index (χ1) is 8.58. The molecule has 0 heterocycles. The van der Waals surface area contributed by atoms with Crippen molar-refractivity contribution in [2.75, 3.05) is 25.0 Å². The molecular weight excluding hydrogens is 236 g/mol. The largest absolute Gasteiger partial charge is 0.478 e. The second-order valence-electron chi connectivity index (χ2n) is 3.62. The number of carboxylic acid groups (broad SMARTS) is 1. The zero-order chi connectivity index (χ0) is 13.5. The third-order valence-electron chi connectivity index (χ3n) is 2.42. The number of aliphatic hydroxyl groups excluding tert-OH is 1. The number of nitrogens with one attached hydrogen (secondary N) is 1. The van der Waals surface area contributed by atoms with Crippen molar-refractivity contribution in [1.82, 2.24) is 4.90 Å². The molecule has 0 saturated heterocycles. The average molecular weight is 252 g/mol. The topological polar surface area (TPSA) is 89.9 Å². The van der Waals surface area contributed by atoms with E-state index in [-0.39, 0.29) is 24.7 Å². The van der Waals surface area contributed by atoms with Gasteiger partial charge in [0.15, 0.2) is 0 Å². The van der Waals surface area contributed by atoms with Crippen molar-refractivity contribution in [3.05, 3.63) is 29.8 Å². The molecule has 0 spiro atoms. The zero-order valence-electron chi connectivity index (χ0n) is 10.1. The predicted molar refractivity (Wildman–Crippen MR) is 66.8 cm³/mol. The molecule has 0 aliphatic rings. The highest BCUT2D eigenvalue weighted by atomic mass is 16.4. The molecule has 6 heteroatoms. The summed E-state index contributed by atoms with van der Waals surface area (Å²) in [6.45, 7) is 2.46. The summed E-state index contributed by atoms with van der Waals surface area (Å²) in [6.07, 6.45) is 0. The van der Waals surface area contributed by atoms with Gasteiger partial charge in [-0.2, -0.15) is 0 Å². The minimum Gasteiger partial charge on any atom is -0.478 e. The molecule has 2 amide bonds. The van der Waals surface area contributed by atoms with E-state index in [2.05, 4.69) is 5.32 Å². The molecule has 0 aromatic heterocycles. The van der Waals surface area contributed by atoms with Crippen molar-refractivity contribution in [2.45, 2.75) is 6.92 Å². The maximum absolute atomic E-state index is 11.7. The molecule has 3 N–H and O–H groups in total. The number of urea groups is 1. The number of rotatable bonds is 5. The van der Waals surface area contributed by atoms with E-state index in [1.165, 1.54) is 29.2 Å². The standard InChI is InChI=1S/C12H16N2O4/c1-2-14(7-8-15)12(18)13-10-5-3-9(4-6-10)11(16)17/h3-6,15H,2,7-8H2,1H3,(H,13,18)(H,16,17). The van der Waals surface area contributed by atoms with Gasteiger partial charge >= 0.3 is 12.0 Å². The van der Waals surface area contributed by atoms with Gasteiger partial charge in [0.1, 0.15) is 0 Å². The number of anilines is 1. The molecule has 0 unspecified atom stereocenters. The second-order valence-corrected chi connectivity index (χ2v) is 3.62. The third-order valence-corrected chi connectivity index (χ3v) is 2.42. The van der Waals surface area contributed by atoms with Crippen LogP contribution in [-0.2, 0) is 0 Å². The van der Waals surface area contributed by atoms with Crippen LogP contribution < -0.4 is 5.32 Å². The zero-order valence-corrected chi connectivity index (χ0v) is 10.1. The number of likely N-dealkylation sites (N-methyl/N-ethyl adjacent to an activating group) is 1. The normalized spacial score (nSPS) is 9.89. The van der Waals surface area contributed by atoms with Crippen LogP contribution in [0.25, 0.3) is 0 Å². The molecule has 1 aromatic rings. The van der Waals surface area contributed by atoms with Gasteiger partial charge in [0.25, 0.3) is 0 Å². The molecular formula is C12H16N2O4. The fraction of sp³-hybridized carbons (Fsp3) is 0.333. The van der Waals surface area contributed by atoms with Crippen LogP contribution in [-0.4, -0.2) is 46.8 Å². The second kappa shape index (κ2) is 6.61. The number of nitrogens with zero attached hydrogens (tertiary/aromatic N) is 1. The van der Waals surface area contributed by atoms with Crippen LogP contribution in [0.15, 0.2) is 24.3 Å². The summed E-state index contributed by atoms with van der Waals surface area (Å²) in [4.78, 5) is 23.8. The van der Waals surface area contributed by atoms with Crippen LogP contribution in [0.1, 0.15) is 17.3 Å². The van der Waals surface area contributed by atoms with E-state index in [1.54, 1.807) is 0 Å². The Kier molecular flexibility index (Phi) is 5.13. The molecule has 0 aliphatic heterocycles. The SMILES string of the molecule is CCN(CCO)C(=O)Nc1ccc(C(=O)O)cc1. The lowest BCUT2D eigenvalue weighted by Crippen LogP contribution is -2.36. The monoisotopic (exact) mass is 252 g/mol. The third kappa shape index (κ3) is 3.74. The van der Waals surface area contributed by atoms with Crippen molar-refractivity contribution >= 4 is 17.7 Å². The van der Waals surface area contributed by atoms with E-state index >= 15 is 0 Å². The van der Waals surface area contributed by atoms with E-state index in [1.807, 2.05) is 6.92 Å². The highest BCUT2D eigenvalue weighted by Gasteiger charge is 2.11. The summed E-state index contributed by atoms with van der Waals surface area (Å²) in [6, 6.07) is 5.55. The summed E-state index contributed by atoms with van der Waals surface area (Å²) in [5.41, 5.74) is 0.678. The summed E-state index contributed by atoms with van der Waals surface area (Å²) in [7, 11) is 0. The summed E-state index contributed by atoms with van der Waals surface area (Å²) >= 11 is 0. The number of aromatic carboxylic acids is 1. The van der Waals surface area contributed by atoms with Crippen LogP contribution in [0.2, 0.25) is 0 Å². The number of hydrogen-bond acceptors (Lipinski definition) is 3. The van der Waals surface area contributed by atoms with Gasteiger partial charge in [0.2, 0.25) is 0 Å². The number of aliphatic hydroxyl groups is 1. The Bertz CT molecular complexity index is 417. The lowest BCUT2D eigenvalue weighted by molar-refractivity contribution is 0.0697. The van der Waals surface area contributed by atoms with E-state index in [0.717, 1.165) is 0 Å². The van der Waals surface area contributed by atoms with Gasteiger partial charge in [-0.05, 0) is 31.2 Å². The van der Waals surface area contributed by atoms with Crippen molar-refractivity contribution in [3.63, 3.8) is 0 Å². The Morgan fingerprint density at radius 2 is 1.89 bits per heavy atom. The lowest BCUT2D eigenvalue weighted by Gasteiger charge is -2.20. The molecule has 0 aliphatic carbocycles. The Morgan fingerprint density at radius 3 is 2.33 bits per heavy atom. The first kappa shape index (κ1) is 14.0. The van der Waals surface area contributed by atoms with Crippen LogP contribution in [0.4, 0.5) is 10.5 Å². The number of carbonyl (C=O) groups excluding carboxylic acids is 1. The fourth-order valence-corrected chi connectivity index (χ4v) is 1.42. The van der Waals surface area contributed by atoms with Crippen LogP contribution in [0, 0.1) is 0 Å². The van der Waals surface area contributed by atoms with Gasteiger partial charge in [-0.1, -0.05) is 0 Å². The Morgan fingerprint density at radius 1 is 1.28 bits per heavy atom. The Labute approximate surface area is 105 Å². The number of amides is 2. The lowest BCUT2D eigenvalue weighted by atomic mass is 10.2. The van der Waals surface area contributed by atoms with Crippen molar-refractivity contribution in [3.8, 4) is 0 Å². The molecule has 0 fully saturated rings. The van der Waals surface area contributed by atoms with Crippen molar-refractivity contribution in [2.24, 2.45) is 0 Å². The highest BCUT2D eigenvalue weighted by molar-refractivity contribution is 5.91. The number of benzene rings is 1. The molecule has 6 nitrogen and oxygen atoms in total. The molecule has 18 heavy (non-hydrogen) atoms. The summed E-state index contributed by atoms with van der Waals surface area (Å²) < 4.78 is 0. The summed E-state index contributed by atoms with van der Waals surface area (Å²) in [5.74, 6) is -1.01. The predicted octanol–water partition coefficient (Wildman–Crippen LogP) is 1.23. The smallest absolute Gasteiger partial charge is 0.335 e. The molecule has 0 radical (unpaired) electrons. The van der Waals surface area contributed by atoms with Crippen molar-refractivity contribution in [1.29, 1.82) is 0 Å². The van der Waals surface area contributed by atoms with E-state index in [4.69, 9.17) is 10.2 Å². The van der Waals surface area contributed by atoms with Gasteiger partial charge in [-0.15, -0.1) is 0 Å². The minimum atomic E-state index is -1.01. The van der Waals surface area contributed by atoms with E-state index < -0.39 is 5.97 Å². The first-order valence-electron chi connectivity index (χ1n) is 5.58. The van der Waals surface area contributed by atoms with Gasteiger partial charge < -0.3 is 20.4 Å². The molecule has 0 bridgehead atoms. The van der Waals surface area contributed by atoms with Gasteiger partial charge in [-0.3, -0.25) is 0 Å². The van der Waals surface area contributed by atoms with Gasteiger partial charge in [-0.25, -0.2) is 9.59 Å². The fourth-order valence-electron chi connectivity index (χ4n) is 1.42. The van der Waals surface area contributed by atoms with Crippen LogP contribution in [0.3, 0.4) is 0 Å². The molecule has 0 saturated carbocycles. The van der Waals surface area contributed by atoms with E-state index in [0.29, 0.717) is 12.2 Å². The average Bonchev–Trinajstić information content (AvgIpc) is 2.36. The molecule has 1 rings (SSSR count). The van der Waals surface area contributed by atoms with Crippen LogP contribution >= 0.6 is 0 Å². The number of hydrogen-bond donors (Lipinski definition) is 3. The minimum absolute atomic E-state index is 0.0980. The number of carboxylic acids is 1. The Hall–Kier alpha value is -2.08. The maximum Gasteiger partial charge on any atom is 0.335 e. The van der Waals surface area contributed by atoms with E-state index in [9.17, 15) is 9.59 Å². The number of carbonyl (C=O) groups is 2. The Balaban J connectivity index is 2.66. The molecule has 0 atom stereocenters. The summed E-state index contributed by atoms with van der Waals surface area (Å²) in [5, 5.41) is 20.2. The maximum atomic E-state index is 11.7.